The second-order valence-corrected chi connectivity index (χ2v) is 4.87. The Morgan fingerprint density at radius 1 is 1.44 bits per heavy atom. The molecular weight excluding hydrogens is 209 g/mol. The van der Waals surface area contributed by atoms with Gasteiger partial charge in [-0.1, -0.05) is 34.8 Å². The number of halogens is 3. The smallest absolute Gasteiger partial charge is 0.224 e. The van der Waals surface area contributed by atoms with Crippen molar-refractivity contribution in [1.82, 2.24) is 0 Å². The zero-order valence-corrected chi connectivity index (χ0v) is 7.28. The van der Waals surface area contributed by atoms with Crippen LogP contribution in [0, 0.1) is 0 Å². The molecule has 0 saturated heterocycles. The summed E-state index contributed by atoms with van der Waals surface area (Å²) in [4.78, 5) is 8.20. The lowest BCUT2D eigenvalue weighted by molar-refractivity contribution is 0.242. The van der Waals surface area contributed by atoms with Gasteiger partial charge in [-0.05, 0) is 0 Å². The molecule has 56 valence electrons. The van der Waals surface area contributed by atoms with Crippen molar-refractivity contribution in [2.45, 2.75) is 9.64 Å². The van der Waals surface area contributed by atoms with Gasteiger partial charge in [-0.3, -0.25) is 4.57 Å². The van der Waals surface area contributed by atoms with E-state index in [2.05, 4.69) is 0 Å². The highest BCUT2D eigenvalue weighted by Crippen LogP contribution is 2.40. The molecule has 0 rings (SSSR count). The van der Waals surface area contributed by atoms with Crippen LogP contribution < -0.4 is 0 Å². The van der Waals surface area contributed by atoms with Crippen LogP contribution in [0.3, 0.4) is 0 Å². The minimum Gasteiger partial charge on any atom is -0.379 e. The third kappa shape index (κ3) is 3.66. The maximum atomic E-state index is 10.0. The van der Waals surface area contributed by atoms with E-state index in [4.69, 9.17) is 44.8 Å². The summed E-state index contributed by atoms with van der Waals surface area (Å²) in [7, 11) is -3.16. The van der Waals surface area contributed by atoms with Crippen LogP contribution >= 0.6 is 42.8 Å². The van der Waals surface area contributed by atoms with Gasteiger partial charge in [0.2, 0.25) is 11.8 Å². The van der Waals surface area contributed by atoms with Gasteiger partial charge in [0.15, 0.2) is 5.85 Å². The molecule has 0 saturated carbocycles. The Morgan fingerprint density at radius 2 is 1.78 bits per heavy atom. The van der Waals surface area contributed by atoms with Gasteiger partial charge in [-0.2, -0.15) is 0 Å². The Bertz CT molecular complexity index is 121. The number of aliphatic hydroxyl groups excluding tert-OH is 1. The van der Waals surface area contributed by atoms with Crippen LogP contribution in [0.15, 0.2) is 0 Å². The second-order valence-electron chi connectivity index (χ2n) is 1.28. The number of rotatable bonds is 1. The first-order chi connectivity index (χ1) is 3.85. The minimum absolute atomic E-state index is 1.78. The first-order valence-corrected chi connectivity index (χ1v) is 4.40. The van der Waals surface area contributed by atoms with Crippen LogP contribution in [0.2, 0.25) is 0 Å². The summed E-state index contributed by atoms with van der Waals surface area (Å²) in [5, 5.41) is 8.55. The van der Waals surface area contributed by atoms with Crippen LogP contribution in [0.25, 0.3) is 0 Å². The molecule has 0 bridgehead atoms. The molecule has 0 aliphatic heterocycles. The van der Waals surface area contributed by atoms with Gasteiger partial charge in [0.05, 0.1) is 0 Å². The van der Waals surface area contributed by atoms with Crippen LogP contribution in [-0.2, 0) is 4.57 Å². The summed E-state index contributed by atoms with van der Waals surface area (Å²) in [6, 6.07) is 0. The Balaban J connectivity index is 4.04. The lowest BCUT2D eigenvalue weighted by atomic mass is 10.8. The van der Waals surface area contributed by atoms with E-state index >= 15 is 0 Å². The van der Waals surface area contributed by atoms with Gasteiger partial charge in [0.1, 0.15) is 0 Å². The van der Waals surface area contributed by atoms with E-state index in [0.29, 0.717) is 0 Å². The first-order valence-electron chi connectivity index (χ1n) is 1.83. The summed E-state index contributed by atoms with van der Waals surface area (Å²) in [6.07, 6.45) is 0. The van der Waals surface area contributed by atoms with E-state index < -0.39 is 17.7 Å². The molecule has 2 atom stereocenters. The molecule has 7 heteroatoms. The molecule has 0 aliphatic carbocycles. The Kier molecular flexibility index (Phi) is 3.81. The van der Waals surface area contributed by atoms with E-state index in [0.717, 1.165) is 0 Å². The molecule has 0 heterocycles. The van der Waals surface area contributed by atoms with Crippen molar-refractivity contribution in [1.29, 1.82) is 0 Å². The molecule has 0 aromatic rings. The Morgan fingerprint density at radius 3 is 1.78 bits per heavy atom. The predicted octanol–water partition coefficient (Wildman–Crippen LogP) is 1.14. The fourth-order valence-electron chi connectivity index (χ4n) is 0.140. The van der Waals surface area contributed by atoms with Crippen molar-refractivity contribution in [2.75, 3.05) is 0 Å². The fourth-order valence-corrected chi connectivity index (χ4v) is 1.26. The Labute approximate surface area is 67.4 Å². The van der Waals surface area contributed by atoms with Gasteiger partial charge in [0.25, 0.3) is 0 Å². The van der Waals surface area contributed by atoms with Crippen molar-refractivity contribution in [3.8, 4) is 0 Å². The quantitative estimate of drug-likeness (QED) is 0.507. The fraction of sp³-hybridized carbons (Fsp3) is 1.00. The average Bonchev–Trinajstić information content (AvgIpc) is 1.62. The third-order valence-electron chi connectivity index (χ3n) is 0.544. The lowest BCUT2D eigenvalue weighted by Crippen LogP contribution is -2.20. The van der Waals surface area contributed by atoms with E-state index in [1.807, 2.05) is 0 Å². The van der Waals surface area contributed by atoms with Gasteiger partial charge in [0, 0.05) is 0 Å². The van der Waals surface area contributed by atoms with Crippen molar-refractivity contribution in [3.05, 3.63) is 0 Å². The molecule has 9 heavy (non-hydrogen) atoms. The van der Waals surface area contributed by atoms with Crippen LogP contribution in [0.5, 0.6) is 0 Å². The van der Waals surface area contributed by atoms with Gasteiger partial charge < -0.3 is 10.00 Å². The normalized spacial score (nSPS) is 19.2. The zero-order valence-electron chi connectivity index (χ0n) is 4.01. The largest absolute Gasteiger partial charge is 0.379 e. The van der Waals surface area contributed by atoms with Crippen molar-refractivity contribution >= 4 is 42.8 Å². The monoisotopic (exact) mass is 212 g/mol. The van der Waals surface area contributed by atoms with Gasteiger partial charge >= 0.3 is 0 Å². The van der Waals surface area contributed by atoms with Gasteiger partial charge in [-0.25, -0.2) is 0 Å². The van der Waals surface area contributed by atoms with Gasteiger partial charge in [-0.15, -0.1) is 0 Å². The molecular formula is C2H4Cl3O3P. The number of hydrogen-bond donors (Lipinski definition) is 2. The molecule has 0 aromatic heterocycles. The maximum Gasteiger partial charge on any atom is 0.224 e. The summed E-state index contributed by atoms with van der Waals surface area (Å²) in [6.45, 7) is 0. The predicted molar refractivity (Wildman–Crippen MR) is 37.5 cm³/mol. The highest BCUT2D eigenvalue weighted by molar-refractivity contribution is 7.39. The van der Waals surface area contributed by atoms with E-state index in [-0.39, 0.29) is 0 Å². The zero-order chi connectivity index (χ0) is 7.65. The summed E-state index contributed by atoms with van der Waals surface area (Å²) >= 11 is 15.1. The van der Waals surface area contributed by atoms with E-state index in [1.165, 1.54) is 0 Å². The maximum absolute atomic E-state index is 10.0. The standard InChI is InChI=1S/C2H4Cl3O3P/c3-2(4,5)1(6)9(7)8/h1,6,9H,(H,7,8). The Hall–Kier alpha value is 1.02. The second kappa shape index (κ2) is 3.42. The number of alkyl halides is 3. The highest BCUT2D eigenvalue weighted by Gasteiger charge is 2.34. The minimum atomic E-state index is -3.16. The molecule has 0 aromatic carbocycles. The molecule has 0 fully saturated rings. The third-order valence-corrected chi connectivity index (χ3v) is 2.61. The lowest BCUT2D eigenvalue weighted by Gasteiger charge is -2.14. The summed E-state index contributed by atoms with van der Waals surface area (Å²) < 4.78 is 7.96. The first kappa shape index (κ1) is 10.0. The summed E-state index contributed by atoms with van der Waals surface area (Å²) in [5.74, 6) is -1.78. The molecule has 0 amide bonds. The SMILES string of the molecule is O=[PH](O)C(O)C(Cl)(Cl)Cl. The van der Waals surface area contributed by atoms with E-state index in [1.54, 1.807) is 0 Å². The van der Waals surface area contributed by atoms with Crippen LogP contribution in [-0.4, -0.2) is 19.6 Å². The summed E-state index contributed by atoms with van der Waals surface area (Å²) in [5.41, 5.74) is 0. The van der Waals surface area contributed by atoms with Crippen LogP contribution in [0.1, 0.15) is 0 Å². The number of hydrogen-bond acceptors (Lipinski definition) is 2. The molecule has 0 radical (unpaired) electrons. The molecule has 2 unspecified atom stereocenters. The molecule has 0 aliphatic rings. The van der Waals surface area contributed by atoms with E-state index in [9.17, 15) is 4.57 Å². The van der Waals surface area contributed by atoms with Crippen LogP contribution in [0.4, 0.5) is 0 Å². The molecule has 0 spiro atoms. The highest BCUT2D eigenvalue weighted by atomic mass is 35.6. The van der Waals surface area contributed by atoms with Crippen molar-refractivity contribution in [2.24, 2.45) is 0 Å². The van der Waals surface area contributed by atoms with Crippen molar-refractivity contribution < 1.29 is 14.6 Å². The number of aliphatic hydroxyl groups is 1. The molecule has 3 nitrogen and oxygen atoms in total. The molecule has 2 N–H and O–H groups in total. The van der Waals surface area contributed by atoms with Crippen molar-refractivity contribution in [3.63, 3.8) is 0 Å². The topological polar surface area (TPSA) is 57.5 Å². The average molecular weight is 213 g/mol.